The van der Waals surface area contributed by atoms with Gasteiger partial charge in [-0.15, -0.1) is 5.10 Å². The van der Waals surface area contributed by atoms with Gasteiger partial charge in [-0.1, -0.05) is 11.3 Å². The first-order chi connectivity index (χ1) is 8.22. The summed E-state index contributed by atoms with van der Waals surface area (Å²) in [5.74, 6) is -0.409. The minimum absolute atomic E-state index is 0.0126. The average molecular weight is 233 g/mol. The molecule has 0 aliphatic carbocycles. The molecule has 6 heteroatoms. The van der Waals surface area contributed by atoms with Crippen LogP contribution in [0.5, 0.6) is 5.75 Å². The Kier molecular flexibility index (Phi) is 3.04. The molecule has 0 bridgehead atoms. The Morgan fingerprint density at radius 1 is 1.53 bits per heavy atom. The molecule has 0 spiro atoms. The van der Waals surface area contributed by atoms with E-state index in [1.54, 1.807) is 24.3 Å². The fourth-order valence-corrected chi connectivity index (χ4v) is 1.44. The third kappa shape index (κ3) is 2.25. The quantitative estimate of drug-likeness (QED) is 0.862. The third-order valence-electron chi connectivity index (χ3n) is 2.14. The maximum atomic E-state index is 10.9. The normalized spacial score (nSPS) is 10.2. The molecule has 0 fully saturated rings. The van der Waals surface area contributed by atoms with E-state index in [-0.39, 0.29) is 5.69 Å². The molecule has 0 aliphatic rings. The smallest absolute Gasteiger partial charge is 0.356 e. The predicted molar refractivity (Wildman–Crippen MR) is 59.5 cm³/mol. The summed E-state index contributed by atoms with van der Waals surface area (Å²) >= 11 is 0. The summed E-state index contributed by atoms with van der Waals surface area (Å²) in [5, 5.41) is 16.3. The van der Waals surface area contributed by atoms with E-state index in [1.165, 1.54) is 10.9 Å². The highest BCUT2D eigenvalue weighted by molar-refractivity contribution is 5.85. The van der Waals surface area contributed by atoms with E-state index < -0.39 is 5.97 Å². The summed E-state index contributed by atoms with van der Waals surface area (Å²) in [6.07, 6.45) is 1.20. The monoisotopic (exact) mass is 233 g/mol. The highest BCUT2D eigenvalue weighted by Gasteiger charge is 2.13. The molecule has 17 heavy (non-hydrogen) atoms. The van der Waals surface area contributed by atoms with Crippen molar-refractivity contribution in [2.75, 3.05) is 6.61 Å². The molecule has 0 saturated carbocycles. The first-order valence-electron chi connectivity index (χ1n) is 5.09. The van der Waals surface area contributed by atoms with E-state index in [9.17, 15) is 4.79 Å². The molecule has 6 nitrogen and oxygen atoms in total. The average Bonchev–Trinajstić information content (AvgIpc) is 2.79. The number of nitrogens with zero attached hydrogens (tertiary/aromatic N) is 3. The number of hydrogen-bond donors (Lipinski definition) is 1. The number of benzene rings is 1. The van der Waals surface area contributed by atoms with E-state index >= 15 is 0 Å². The van der Waals surface area contributed by atoms with Crippen LogP contribution in [0.3, 0.4) is 0 Å². The van der Waals surface area contributed by atoms with E-state index in [4.69, 9.17) is 9.84 Å². The Morgan fingerprint density at radius 2 is 2.35 bits per heavy atom. The van der Waals surface area contributed by atoms with Gasteiger partial charge in [0.25, 0.3) is 0 Å². The second-order valence-corrected chi connectivity index (χ2v) is 3.27. The van der Waals surface area contributed by atoms with Crippen LogP contribution in [0, 0.1) is 0 Å². The summed E-state index contributed by atoms with van der Waals surface area (Å²) in [6.45, 7) is 2.43. The van der Waals surface area contributed by atoms with Crippen LogP contribution in [0.2, 0.25) is 0 Å². The SMILES string of the molecule is CCOc1cccc(-n2nncc2C(=O)O)c1. The molecule has 2 rings (SSSR count). The molecule has 0 aliphatic heterocycles. The molecule has 1 N–H and O–H groups in total. The van der Waals surface area contributed by atoms with E-state index in [1.807, 2.05) is 6.92 Å². The van der Waals surface area contributed by atoms with Crippen molar-refractivity contribution in [3.63, 3.8) is 0 Å². The van der Waals surface area contributed by atoms with Gasteiger partial charge in [0.1, 0.15) is 5.75 Å². The lowest BCUT2D eigenvalue weighted by Crippen LogP contribution is -2.08. The van der Waals surface area contributed by atoms with Gasteiger partial charge in [-0.25, -0.2) is 9.48 Å². The molecular formula is C11H11N3O3. The third-order valence-corrected chi connectivity index (χ3v) is 2.14. The van der Waals surface area contributed by atoms with Crippen LogP contribution in [0.4, 0.5) is 0 Å². The van der Waals surface area contributed by atoms with Crippen molar-refractivity contribution in [1.82, 2.24) is 15.0 Å². The summed E-state index contributed by atoms with van der Waals surface area (Å²) in [7, 11) is 0. The van der Waals surface area contributed by atoms with Gasteiger partial charge >= 0.3 is 5.97 Å². The molecule has 0 amide bonds. The van der Waals surface area contributed by atoms with E-state index in [0.29, 0.717) is 18.0 Å². The fraction of sp³-hybridized carbons (Fsp3) is 0.182. The summed E-state index contributed by atoms with van der Waals surface area (Å²) in [6, 6.07) is 7.02. The van der Waals surface area contributed by atoms with Crippen molar-refractivity contribution < 1.29 is 14.6 Å². The van der Waals surface area contributed by atoms with Crippen LogP contribution in [0.1, 0.15) is 17.4 Å². The van der Waals surface area contributed by atoms with Gasteiger partial charge in [-0.2, -0.15) is 0 Å². The number of aromatic carboxylic acids is 1. The molecule has 0 saturated heterocycles. The topological polar surface area (TPSA) is 77.2 Å². The van der Waals surface area contributed by atoms with Crippen molar-refractivity contribution >= 4 is 5.97 Å². The van der Waals surface area contributed by atoms with Gasteiger partial charge in [0.2, 0.25) is 0 Å². The van der Waals surface area contributed by atoms with Gasteiger partial charge in [0.15, 0.2) is 5.69 Å². The summed E-state index contributed by atoms with van der Waals surface area (Å²) < 4.78 is 6.59. The maximum absolute atomic E-state index is 10.9. The lowest BCUT2D eigenvalue weighted by Gasteiger charge is -2.06. The minimum Gasteiger partial charge on any atom is -0.494 e. The molecule has 0 unspecified atom stereocenters. The zero-order valence-electron chi connectivity index (χ0n) is 9.20. The number of carboxylic acid groups (broad SMARTS) is 1. The predicted octanol–water partition coefficient (Wildman–Crippen LogP) is 1.36. The van der Waals surface area contributed by atoms with Crippen LogP contribution in [0.15, 0.2) is 30.5 Å². The Balaban J connectivity index is 2.42. The Morgan fingerprint density at radius 3 is 3.06 bits per heavy atom. The van der Waals surface area contributed by atoms with Crippen LogP contribution in [0.25, 0.3) is 5.69 Å². The van der Waals surface area contributed by atoms with Crippen LogP contribution >= 0.6 is 0 Å². The molecule has 0 atom stereocenters. The molecule has 88 valence electrons. The number of rotatable bonds is 4. The van der Waals surface area contributed by atoms with Gasteiger partial charge in [-0.05, 0) is 19.1 Å². The zero-order valence-corrected chi connectivity index (χ0v) is 9.20. The summed E-state index contributed by atoms with van der Waals surface area (Å²) in [5.41, 5.74) is 0.615. The summed E-state index contributed by atoms with van der Waals surface area (Å²) in [4.78, 5) is 10.9. The fourth-order valence-electron chi connectivity index (χ4n) is 1.44. The molecule has 1 aromatic carbocycles. The van der Waals surface area contributed by atoms with Crippen LogP contribution in [-0.4, -0.2) is 32.7 Å². The zero-order chi connectivity index (χ0) is 12.3. The highest BCUT2D eigenvalue weighted by Crippen LogP contribution is 2.17. The molecule has 2 aromatic rings. The first-order valence-corrected chi connectivity index (χ1v) is 5.09. The van der Waals surface area contributed by atoms with Crippen LogP contribution < -0.4 is 4.74 Å². The lowest BCUT2D eigenvalue weighted by atomic mass is 10.3. The van der Waals surface area contributed by atoms with Gasteiger partial charge in [-0.3, -0.25) is 0 Å². The van der Waals surface area contributed by atoms with Crippen molar-refractivity contribution in [1.29, 1.82) is 0 Å². The Hall–Kier alpha value is -2.37. The number of ether oxygens (including phenoxy) is 1. The molecule has 0 radical (unpaired) electrons. The number of carbonyl (C=O) groups is 1. The number of aromatic nitrogens is 3. The van der Waals surface area contributed by atoms with Crippen LogP contribution in [-0.2, 0) is 0 Å². The van der Waals surface area contributed by atoms with E-state index in [2.05, 4.69) is 10.3 Å². The van der Waals surface area contributed by atoms with Crippen molar-refractivity contribution in [2.45, 2.75) is 6.92 Å². The second kappa shape index (κ2) is 4.65. The van der Waals surface area contributed by atoms with Crippen molar-refractivity contribution in [3.05, 3.63) is 36.2 Å². The first kappa shape index (κ1) is 11.1. The maximum Gasteiger partial charge on any atom is 0.356 e. The minimum atomic E-state index is -1.07. The molecule has 1 aromatic heterocycles. The standard InChI is InChI=1S/C11H11N3O3/c1-2-17-9-5-3-4-8(6-9)14-10(11(15)16)7-12-13-14/h3-7H,2H2,1H3,(H,15,16). The Bertz CT molecular complexity index is 536. The lowest BCUT2D eigenvalue weighted by molar-refractivity contribution is 0.0687. The highest BCUT2D eigenvalue weighted by atomic mass is 16.5. The largest absolute Gasteiger partial charge is 0.494 e. The number of carboxylic acids is 1. The van der Waals surface area contributed by atoms with Gasteiger partial charge in [0.05, 0.1) is 18.5 Å². The van der Waals surface area contributed by atoms with Gasteiger partial charge in [0, 0.05) is 6.07 Å². The number of hydrogen-bond acceptors (Lipinski definition) is 4. The second-order valence-electron chi connectivity index (χ2n) is 3.27. The van der Waals surface area contributed by atoms with Crippen molar-refractivity contribution in [3.8, 4) is 11.4 Å². The van der Waals surface area contributed by atoms with Crippen molar-refractivity contribution in [2.24, 2.45) is 0 Å². The Labute approximate surface area is 97.4 Å². The molecular weight excluding hydrogens is 222 g/mol. The molecule has 1 heterocycles. The van der Waals surface area contributed by atoms with E-state index in [0.717, 1.165) is 0 Å². The van der Waals surface area contributed by atoms with Gasteiger partial charge < -0.3 is 9.84 Å².